The second kappa shape index (κ2) is 1.84. The molecular formula is C6H7N2O. The van der Waals surface area contributed by atoms with Crippen LogP contribution in [-0.2, 0) is 17.9 Å². The van der Waals surface area contributed by atoms with Crippen molar-refractivity contribution in [3.05, 3.63) is 18.0 Å². The number of nitrogens with zero attached hydrogens (tertiary/aromatic N) is 2. The van der Waals surface area contributed by atoms with Crippen LogP contribution in [0.2, 0.25) is 0 Å². The van der Waals surface area contributed by atoms with E-state index < -0.39 is 0 Å². The summed E-state index contributed by atoms with van der Waals surface area (Å²) in [7, 11) is 0. The van der Waals surface area contributed by atoms with Gasteiger partial charge in [-0.2, -0.15) is 5.10 Å². The van der Waals surface area contributed by atoms with Gasteiger partial charge in [0, 0.05) is 6.07 Å². The highest BCUT2D eigenvalue weighted by Gasteiger charge is 2.07. The van der Waals surface area contributed by atoms with Crippen LogP contribution < -0.4 is 0 Å². The second-order valence-electron chi connectivity index (χ2n) is 2.01. The van der Waals surface area contributed by atoms with Crippen LogP contribution in [0.15, 0.2) is 6.20 Å². The van der Waals surface area contributed by atoms with E-state index >= 15 is 0 Å². The maximum Gasteiger partial charge on any atom is 0.0892 e. The zero-order valence-corrected chi connectivity index (χ0v) is 5.00. The Morgan fingerprint density at radius 2 is 2.78 bits per heavy atom. The summed E-state index contributed by atoms with van der Waals surface area (Å²) in [5, 5.41) is 4.04. The fourth-order valence-corrected chi connectivity index (χ4v) is 0.946. The van der Waals surface area contributed by atoms with Crippen molar-refractivity contribution in [1.29, 1.82) is 0 Å². The van der Waals surface area contributed by atoms with Gasteiger partial charge in [-0.3, -0.25) is 4.68 Å². The molecule has 0 unspecified atom stereocenters. The minimum Gasteiger partial charge on any atom is -0.373 e. The van der Waals surface area contributed by atoms with E-state index in [9.17, 15) is 0 Å². The Bertz CT molecular complexity index is 186. The molecule has 0 bridgehead atoms. The monoisotopic (exact) mass is 123 g/mol. The van der Waals surface area contributed by atoms with Crippen molar-refractivity contribution in [2.24, 2.45) is 0 Å². The molecule has 1 aliphatic heterocycles. The van der Waals surface area contributed by atoms with E-state index in [1.54, 1.807) is 6.20 Å². The maximum atomic E-state index is 5.16. The predicted octanol–water partition coefficient (Wildman–Crippen LogP) is 0.213. The van der Waals surface area contributed by atoms with Crippen molar-refractivity contribution in [3.63, 3.8) is 0 Å². The number of aromatic nitrogens is 2. The summed E-state index contributed by atoms with van der Waals surface area (Å²) in [6.07, 6.45) is 1.68. The van der Waals surface area contributed by atoms with Crippen LogP contribution >= 0.6 is 0 Å². The van der Waals surface area contributed by atoms with E-state index in [0.717, 1.165) is 18.8 Å². The minimum absolute atomic E-state index is 0.667. The summed E-state index contributed by atoms with van der Waals surface area (Å²) in [5.41, 5.74) is 1.06. The summed E-state index contributed by atoms with van der Waals surface area (Å²) in [5.74, 6) is 0. The van der Waals surface area contributed by atoms with E-state index in [1.165, 1.54) is 0 Å². The molecule has 0 atom stereocenters. The fourth-order valence-electron chi connectivity index (χ4n) is 0.946. The summed E-state index contributed by atoms with van der Waals surface area (Å²) in [6.45, 7) is 2.32. The topological polar surface area (TPSA) is 27.1 Å². The Hall–Kier alpha value is -0.830. The molecule has 0 saturated heterocycles. The molecule has 3 heteroatoms. The van der Waals surface area contributed by atoms with Gasteiger partial charge in [0.25, 0.3) is 0 Å². The lowest BCUT2D eigenvalue weighted by atomic mass is 10.4. The van der Waals surface area contributed by atoms with E-state index in [2.05, 4.69) is 11.2 Å². The molecule has 0 amide bonds. The van der Waals surface area contributed by atoms with E-state index in [1.807, 2.05) is 4.68 Å². The van der Waals surface area contributed by atoms with Gasteiger partial charge in [0.05, 0.1) is 31.6 Å². The highest BCUT2D eigenvalue weighted by Crippen LogP contribution is 2.04. The standard InChI is InChI=1S/C6H7N2O/c1-2-7-8-3-4-9-5-6(1)8/h2H,3-5H2. The quantitative estimate of drug-likeness (QED) is 0.493. The Kier molecular flexibility index (Phi) is 1.02. The van der Waals surface area contributed by atoms with Gasteiger partial charge in [-0.05, 0) is 0 Å². The first-order valence-corrected chi connectivity index (χ1v) is 2.97. The third-order valence-electron chi connectivity index (χ3n) is 1.43. The molecule has 0 saturated carbocycles. The molecule has 1 aliphatic rings. The van der Waals surface area contributed by atoms with Crippen molar-refractivity contribution in [3.8, 4) is 0 Å². The highest BCUT2D eigenvalue weighted by molar-refractivity contribution is 4.97. The van der Waals surface area contributed by atoms with Crippen LogP contribution in [0, 0.1) is 6.07 Å². The third-order valence-corrected chi connectivity index (χ3v) is 1.43. The lowest BCUT2D eigenvalue weighted by Crippen LogP contribution is -2.16. The van der Waals surface area contributed by atoms with Crippen LogP contribution in [-0.4, -0.2) is 16.4 Å². The molecule has 0 fully saturated rings. The van der Waals surface area contributed by atoms with Gasteiger partial charge in [-0.25, -0.2) is 0 Å². The van der Waals surface area contributed by atoms with Crippen molar-refractivity contribution in [1.82, 2.24) is 9.78 Å². The van der Waals surface area contributed by atoms with Gasteiger partial charge in [0.1, 0.15) is 0 Å². The molecule has 2 heterocycles. The molecule has 3 nitrogen and oxygen atoms in total. The maximum absolute atomic E-state index is 5.16. The molecule has 2 rings (SSSR count). The molecule has 0 aliphatic carbocycles. The Morgan fingerprint density at radius 1 is 1.78 bits per heavy atom. The first-order chi connectivity index (χ1) is 4.47. The molecule has 0 N–H and O–H groups in total. The highest BCUT2D eigenvalue weighted by atomic mass is 16.5. The van der Waals surface area contributed by atoms with Gasteiger partial charge >= 0.3 is 0 Å². The van der Waals surface area contributed by atoms with E-state index in [4.69, 9.17) is 4.74 Å². The summed E-state index contributed by atoms with van der Waals surface area (Å²) < 4.78 is 7.08. The largest absolute Gasteiger partial charge is 0.373 e. The number of rotatable bonds is 0. The predicted molar refractivity (Wildman–Crippen MR) is 30.7 cm³/mol. The van der Waals surface area contributed by atoms with Crippen LogP contribution in [0.25, 0.3) is 0 Å². The molecule has 0 aromatic carbocycles. The summed E-state index contributed by atoms with van der Waals surface area (Å²) in [6, 6.07) is 2.98. The van der Waals surface area contributed by atoms with Crippen LogP contribution in [0.1, 0.15) is 5.69 Å². The zero-order valence-electron chi connectivity index (χ0n) is 5.00. The second-order valence-corrected chi connectivity index (χ2v) is 2.01. The van der Waals surface area contributed by atoms with Crippen molar-refractivity contribution in [2.45, 2.75) is 13.2 Å². The summed E-state index contributed by atoms with van der Waals surface area (Å²) in [4.78, 5) is 0. The molecule has 1 aromatic rings. The van der Waals surface area contributed by atoms with Gasteiger partial charge < -0.3 is 4.74 Å². The van der Waals surface area contributed by atoms with Gasteiger partial charge in [0.15, 0.2) is 0 Å². The molecule has 9 heavy (non-hydrogen) atoms. The van der Waals surface area contributed by atoms with E-state index in [-0.39, 0.29) is 0 Å². The number of hydrogen-bond acceptors (Lipinski definition) is 2. The fraction of sp³-hybridized carbons (Fsp3) is 0.500. The van der Waals surface area contributed by atoms with Crippen LogP contribution in [0.4, 0.5) is 0 Å². The third kappa shape index (κ3) is 0.733. The van der Waals surface area contributed by atoms with Crippen molar-refractivity contribution in [2.75, 3.05) is 6.61 Å². The normalized spacial score (nSPS) is 17.3. The SMILES string of the molecule is [c]1cnn2c1COCC2. The van der Waals surface area contributed by atoms with Crippen molar-refractivity contribution < 1.29 is 4.74 Å². The average Bonchev–Trinajstić information content (AvgIpc) is 2.33. The van der Waals surface area contributed by atoms with Gasteiger partial charge in [-0.15, -0.1) is 0 Å². The van der Waals surface area contributed by atoms with Gasteiger partial charge in [-0.1, -0.05) is 0 Å². The number of ether oxygens (including phenoxy) is 1. The Labute approximate surface area is 53.2 Å². The van der Waals surface area contributed by atoms with Crippen molar-refractivity contribution >= 4 is 0 Å². The first-order valence-electron chi connectivity index (χ1n) is 2.97. The van der Waals surface area contributed by atoms with E-state index in [0.29, 0.717) is 6.61 Å². The average molecular weight is 123 g/mol. The zero-order chi connectivity index (χ0) is 6.10. The number of fused-ring (bicyclic) bond motifs is 1. The molecule has 0 spiro atoms. The summed E-state index contributed by atoms with van der Waals surface area (Å²) >= 11 is 0. The Balaban J connectivity index is 2.39. The van der Waals surface area contributed by atoms with Crippen LogP contribution in [0.5, 0.6) is 0 Å². The van der Waals surface area contributed by atoms with Gasteiger partial charge in [0.2, 0.25) is 0 Å². The van der Waals surface area contributed by atoms with Crippen LogP contribution in [0.3, 0.4) is 0 Å². The lowest BCUT2D eigenvalue weighted by molar-refractivity contribution is 0.0799. The Morgan fingerprint density at radius 3 is 3.67 bits per heavy atom. The molecule has 1 radical (unpaired) electrons. The molecule has 1 aromatic heterocycles. The minimum atomic E-state index is 0.667. The molecular weight excluding hydrogens is 116 g/mol. The molecule has 47 valence electrons. The lowest BCUT2D eigenvalue weighted by Gasteiger charge is -2.12. The number of hydrogen-bond donors (Lipinski definition) is 0. The smallest absolute Gasteiger partial charge is 0.0892 e. The first kappa shape index (κ1) is 4.99.